The van der Waals surface area contributed by atoms with Crippen LogP contribution in [0.3, 0.4) is 0 Å². The van der Waals surface area contributed by atoms with E-state index in [-0.39, 0.29) is 11.1 Å². The average molecular weight is 665 g/mol. The minimum Gasteiger partial charge on any atom is -0.347 e. The van der Waals surface area contributed by atoms with Crippen LogP contribution in [0.2, 0.25) is 19.6 Å². The van der Waals surface area contributed by atoms with Gasteiger partial charge in [-0.2, -0.15) is 0 Å². The quantitative estimate of drug-likeness (QED) is 0.204. The summed E-state index contributed by atoms with van der Waals surface area (Å²) in [5.41, 5.74) is 6.42. The minimum absolute atomic E-state index is 0.0152. The third-order valence-electron chi connectivity index (χ3n) is 9.34. The van der Waals surface area contributed by atoms with Crippen LogP contribution in [0, 0.1) is 23.8 Å². The van der Waals surface area contributed by atoms with E-state index >= 15 is 0 Å². The molecule has 4 aromatic rings. The van der Waals surface area contributed by atoms with Crippen molar-refractivity contribution in [3.05, 3.63) is 79.9 Å². The fraction of sp³-hybridized carbons (Fsp3) is 0.459. The lowest BCUT2D eigenvalue weighted by Gasteiger charge is -2.24. The lowest BCUT2D eigenvalue weighted by Crippen LogP contribution is -2.31. The highest BCUT2D eigenvalue weighted by molar-refractivity contribution is 6.83. The molecule has 0 radical (unpaired) electrons. The van der Waals surface area contributed by atoms with Crippen molar-refractivity contribution in [2.24, 2.45) is 0 Å². The van der Waals surface area contributed by atoms with Gasteiger partial charge in [-0.15, -0.1) is 12.0 Å². The van der Waals surface area contributed by atoms with E-state index in [0.717, 1.165) is 41.1 Å². The Morgan fingerprint density at radius 1 is 0.708 bits per heavy atom. The number of terminal acetylenes is 1. The van der Waals surface area contributed by atoms with Gasteiger partial charge in [-0.3, -0.25) is 18.7 Å². The predicted octanol–water partition coefficient (Wildman–Crippen LogP) is 4.16. The Hall–Kier alpha value is -4.10. The van der Waals surface area contributed by atoms with E-state index in [9.17, 15) is 9.59 Å². The number of ether oxygens (including phenoxy) is 4. The summed E-state index contributed by atoms with van der Waals surface area (Å²) < 4.78 is 26.8. The molecule has 0 amide bonds. The van der Waals surface area contributed by atoms with Crippen molar-refractivity contribution < 1.29 is 18.9 Å². The van der Waals surface area contributed by atoms with Crippen molar-refractivity contribution in [1.82, 2.24) is 19.1 Å². The van der Waals surface area contributed by atoms with Gasteiger partial charge in [-0.05, 0) is 36.4 Å². The van der Waals surface area contributed by atoms with E-state index in [1.807, 2.05) is 18.2 Å². The van der Waals surface area contributed by atoms with Gasteiger partial charge in [-0.1, -0.05) is 31.5 Å². The lowest BCUT2D eigenvalue weighted by atomic mass is 10.1. The van der Waals surface area contributed by atoms with Gasteiger partial charge in [0.05, 0.1) is 48.2 Å². The van der Waals surface area contributed by atoms with Crippen molar-refractivity contribution in [1.29, 1.82) is 0 Å². The van der Waals surface area contributed by atoms with Crippen LogP contribution in [0.4, 0.5) is 0 Å². The summed E-state index contributed by atoms with van der Waals surface area (Å²) >= 11 is 0. The molecule has 248 valence electrons. The topological polar surface area (TPSA) is 107 Å². The smallest absolute Gasteiger partial charge is 0.261 e. The fourth-order valence-corrected chi connectivity index (χ4v) is 7.31. The Kier molecular flexibility index (Phi) is 8.61. The maximum absolute atomic E-state index is 13.0. The summed E-state index contributed by atoms with van der Waals surface area (Å²) in [4.78, 5) is 35.1. The molecular formula is C37H40N4O6Si. The van der Waals surface area contributed by atoms with Gasteiger partial charge in [0.25, 0.3) is 11.1 Å². The molecule has 0 aliphatic carbocycles. The van der Waals surface area contributed by atoms with Gasteiger partial charge < -0.3 is 18.9 Å². The largest absolute Gasteiger partial charge is 0.347 e. The first-order valence-corrected chi connectivity index (χ1v) is 20.2. The minimum atomic E-state index is -1.44. The number of benzene rings is 2. The average Bonchev–Trinajstić information content (AvgIpc) is 3.65. The molecule has 0 unspecified atom stereocenters. The zero-order chi connectivity index (χ0) is 33.5. The lowest BCUT2D eigenvalue weighted by molar-refractivity contribution is -0.166. The second kappa shape index (κ2) is 12.7. The molecule has 48 heavy (non-hydrogen) atoms. The number of hydrogen-bond acceptors (Lipinski definition) is 8. The molecule has 2 saturated heterocycles. The molecule has 2 aromatic heterocycles. The fourth-order valence-electron chi connectivity index (χ4n) is 6.79. The summed E-state index contributed by atoms with van der Waals surface area (Å²) in [5.74, 6) is 6.34. The monoisotopic (exact) mass is 664 g/mol. The molecule has 6 heterocycles. The summed E-state index contributed by atoms with van der Waals surface area (Å²) in [7, 11) is -1.44. The maximum Gasteiger partial charge on any atom is 0.261 e. The van der Waals surface area contributed by atoms with Crippen LogP contribution in [0.25, 0.3) is 21.8 Å². The van der Waals surface area contributed by atoms with Crippen molar-refractivity contribution in [2.45, 2.75) is 82.8 Å². The summed E-state index contributed by atoms with van der Waals surface area (Å²) in [6.45, 7) is 10.3. The number of rotatable bonds is 0. The molecular weight excluding hydrogens is 625 g/mol. The summed E-state index contributed by atoms with van der Waals surface area (Å²) in [5, 5.41) is 1.25. The van der Waals surface area contributed by atoms with E-state index in [0.29, 0.717) is 81.5 Å². The Balaban J connectivity index is 0.000000154. The molecule has 11 heteroatoms. The van der Waals surface area contributed by atoms with Gasteiger partial charge in [0.2, 0.25) is 0 Å². The van der Waals surface area contributed by atoms with Gasteiger partial charge in [-0.25, -0.2) is 9.97 Å². The van der Waals surface area contributed by atoms with Gasteiger partial charge >= 0.3 is 0 Å². The molecule has 10 nitrogen and oxygen atoms in total. The van der Waals surface area contributed by atoms with E-state index in [2.05, 4.69) is 42.0 Å². The standard InChI is InChI=1S/C20H24N2O3Si.C17H16N2O3/c1-26(2,3)13-7-15-4-5-16-17(14-15)21-18-6-8-20(24-11-12-25-20)9-10-22(18)19(16)23;1-2-12-3-4-13-14(11-12)18-15-5-6-17(21-9-10-22-17)7-8-19(15)16(13)20/h4-5,14H,6,8-12H2,1-3H3;1,3-4,11H,5-10H2. The number of fused-ring (bicyclic) bond motifs is 4. The first kappa shape index (κ1) is 32.4. The Morgan fingerprint density at radius 3 is 1.62 bits per heavy atom. The second-order valence-electron chi connectivity index (χ2n) is 13.8. The van der Waals surface area contributed by atoms with Crippen LogP contribution in [0.5, 0.6) is 0 Å². The number of nitrogens with zero attached hydrogens (tertiary/aromatic N) is 4. The number of aryl methyl sites for hydroxylation is 2. The van der Waals surface area contributed by atoms with Crippen molar-refractivity contribution in [2.75, 3.05) is 26.4 Å². The highest BCUT2D eigenvalue weighted by Crippen LogP contribution is 2.33. The van der Waals surface area contributed by atoms with Crippen LogP contribution in [0.1, 0.15) is 48.5 Å². The van der Waals surface area contributed by atoms with E-state index in [1.54, 1.807) is 27.3 Å². The van der Waals surface area contributed by atoms with Crippen molar-refractivity contribution >= 4 is 29.9 Å². The molecule has 2 fully saturated rings. The molecule has 0 bridgehead atoms. The van der Waals surface area contributed by atoms with Crippen LogP contribution in [0.15, 0.2) is 46.0 Å². The molecule has 8 rings (SSSR count). The first-order valence-electron chi connectivity index (χ1n) is 16.7. The zero-order valence-corrected chi connectivity index (χ0v) is 28.8. The van der Waals surface area contributed by atoms with E-state index in [4.69, 9.17) is 30.4 Å². The maximum atomic E-state index is 13.0. The molecule has 0 atom stereocenters. The van der Waals surface area contributed by atoms with E-state index < -0.39 is 19.6 Å². The van der Waals surface area contributed by atoms with Crippen LogP contribution < -0.4 is 11.1 Å². The molecule has 0 N–H and O–H groups in total. The van der Waals surface area contributed by atoms with Gasteiger partial charge in [0.15, 0.2) is 11.6 Å². The third-order valence-corrected chi connectivity index (χ3v) is 10.2. The van der Waals surface area contributed by atoms with Gasteiger partial charge in [0, 0.05) is 62.7 Å². The second-order valence-corrected chi connectivity index (χ2v) is 18.5. The number of hydrogen-bond donors (Lipinski definition) is 0. The van der Waals surface area contributed by atoms with Crippen LogP contribution in [-0.4, -0.2) is 65.2 Å². The molecule has 2 spiro atoms. The van der Waals surface area contributed by atoms with Gasteiger partial charge in [0.1, 0.15) is 19.7 Å². The number of aromatic nitrogens is 4. The van der Waals surface area contributed by atoms with E-state index in [1.165, 1.54) is 0 Å². The molecule has 0 saturated carbocycles. The van der Waals surface area contributed by atoms with Crippen LogP contribution in [-0.2, 0) is 44.9 Å². The molecule has 4 aliphatic rings. The predicted molar refractivity (Wildman–Crippen MR) is 185 cm³/mol. The Morgan fingerprint density at radius 2 is 1.17 bits per heavy atom. The van der Waals surface area contributed by atoms with Crippen molar-refractivity contribution in [3.63, 3.8) is 0 Å². The first-order chi connectivity index (χ1) is 23.1. The Labute approximate surface area is 280 Å². The Bertz CT molecular complexity index is 2120. The SMILES string of the molecule is C#Cc1ccc2c(=O)n3c(nc2c1)CCC1(CC3)OCCO1.C[Si](C)(C)C#Cc1ccc2c(=O)n3c(nc2c1)CCC1(CC3)OCCO1. The summed E-state index contributed by atoms with van der Waals surface area (Å²) in [6, 6.07) is 11.0. The van der Waals surface area contributed by atoms with Crippen molar-refractivity contribution in [3.8, 4) is 23.8 Å². The molecule has 4 aliphatic heterocycles. The highest BCUT2D eigenvalue weighted by atomic mass is 28.3. The molecule has 2 aromatic carbocycles. The van der Waals surface area contributed by atoms with Crippen LogP contribution >= 0.6 is 0 Å². The summed E-state index contributed by atoms with van der Waals surface area (Å²) in [6.07, 6.45) is 9.58. The normalized spacial score (nSPS) is 19.4. The third kappa shape index (κ3) is 6.49. The highest BCUT2D eigenvalue weighted by Gasteiger charge is 2.39. The zero-order valence-electron chi connectivity index (χ0n) is 27.8.